The molecule has 0 atom stereocenters. The van der Waals surface area contributed by atoms with Crippen LogP contribution in [0.1, 0.15) is 20.9 Å². The molecule has 0 spiro atoms. The molecule has 1 amide bonds. The van der Waals surface area contributed by atoms with E-state index in [1.165, 1.54) is 29.5 Å². The fourth-order valence-electron chi connectivity index (χ4n) is 2.59. The zero-order valence-corrected chi connectivity index (χ0v) is 16.4. The third-order valence-electron chi connectivity index (χ3n) is 3.97. The Bertz CT molecular complexity index is 993. The quantitative estimate of drug-likeness (QED) is 0.314. The van der Waals surface area contributed by atoms with Gasteiger partial charge in [0.05, 0.1) is 17.1 Å². The summed E-state index contributed by atoms with van der Waals surface area (Å²) in [7, 11) is 1.56. The third kappa shape index (κ3) is 5.56. The predicted molar refractivity (Wildman–Crippen MR) is 111 cm³/mol. The van der Waals surface area contributed by atoms with E-state index in [1.807, 2.05) is 30.3 Å². The maximum absolute atomic E-state index is 12.7. The number of aromatic nitrogens is 2. The lowest BCUT2D eigenvalue weighted by molar-refractivity contribution is -0.384. The number of benzene rings is 2. The molecule has 0 aliphatic heterocycles. The number of methoxy groups -OCH3 is 1. The molecule has 0 bridgehead atoms. The van der Waals surface area contributed by atoms with Gasteiger partial charge in [0.15, 0.2) is 0 Å². The maximum atomic E-state index is 12.7. The molecule has 29 heavy (non-hydrogen) atoms. The van der Waals surface area contributed by atoms with E-state index in [4.69, 9.17) is 4.74 Å². The number of nitrogens with zero attached hydrogens (tertiary/aromatic N) is 3. The molecular weight excluding hydrogens is 394 g/mol. The first-order valence-corrected chi connectivity index (χ1v) is 9.57. The maximum Gasteiger partial charge on any atom is 0.270 e. The van der Waals surface area contributed by atoms with Crippen molar-refractivity contribution in [3.8, 4) is 0 Å². The van der Waals surface area contributed by atoms with E-state index >= 15 is 0 Å². The number of nitrogens with one attached hydrogen (secondary N) is 2. The highest BCUT2D eigenvalue weighted by Crippen LogP contribution is 2.25. The second-order valence-electron chi connectivity index (χ2n) is 6.02. The van der Waals surface area contributed by atoms with Gasteiger partial charge < -0.3 is 10.1 Å². The number of non-ortho nitro benzene ring substituents is 1. The standard InChI is InChI=1S/C19H19N5O4S/c1-28-10-9-20-16-8-7-14(24(26)27)12-15(16)18(25)21-19-23-22-17(29-19)11-13-5-3-2-4-6-13/h2-8,12,20H,9-11H2,1H3,(H,21,23,25). The molecule has 0 unspecified atom stereocenters. The van der Waals surface area contributed by atoms with Crippen LogP contribution in [0.3, 0.4) is 0 Å². The van der Waals surface area contributed by atoms with Crippen molar-refractivity contribution in [2.75, 3.05) is 30.9 Å². The highest BCUT2D eigenvalue weighted by Gasteiger charge is 2.18. The van der Waals surface area contributed by atoms with Crippen LogP contribution in [0.2, 0.25) is 0 Å². The summed E-state index contributed by atoms with van der Waals surface area (Å²) in [5, 5.41) is 26.0. The van der Waals surface area contributed by atoms with Crippen molar-refractivity contribution < 1.29 is 14.5 Å². The molecule has 0 radical (unpaired) electrons. The van der Waals surface area contributed by atoms with Gasteiger partial charge in [-0.2, -0.15) is 0 Å². The number of ether oxygens (including phenoxy) is 1. The average Bonchev–Trinajstić information content (AvgIpc) is 3.15. The van der Waals surface area contributed by atoms with Crippen molar-refractivity contribution in [3.05, 3.63) is 74.8 Å². The number of anilines is 2. The number of carbonyl (C=O) groups is 1. The van der Waals surface area contributed by atoms with Crippen LogP contribution in [-0.4, -0.2) is 41.3 Å². The first-order chi connectivity index (χ1) is 14.1. The van der Waals surface area contributed by atoms with Crippen molar-refractivity contribution in [1.82, 2.24) is 10.2 Å². The van der Waals surface area contributed by atoms with Crippen LogP contribution in [0.15, 0.2) is 48.5 Å². The van der Waals surface area contributed by atoms with Crippen molar-refractivity contribution >= 4 is 33.8 Å². The SMILES string of the molecule is COCCNc1ccc([N+](=O)[O-])cc1C(=O)Nc1nnc(Cc2ccccc2)s1. The molecule has 1 aromatic heterocycles. The Morgan fingerprint density at radius 3 is 2.72 bits per heavy atom. The molecule has 0 aliphatic rings. The van der Waals surface area contributed by atoms with Crippen molar-refractivity contribution in [2.24, 2.45) is 0 Å². The molecule has 10 heteroatoms. The third-order valence-corrected chi connectivity index (χ3v) is 4.80. The van der Waals surface area contributed by atoms with Crippen LogP contribution < -0.4 is 10.6 Å². The summed E-state index contributed by atoms with van der Waals surface area (Å²) in [5.74, 6) is -0.504. The van der Waals surface area contributed by atoms with Gasteiger partial charge in [0, 0.05) is 37.9 Å². The van der Waals surface area contributed by atoms with Crippen LogP contribution >= 0.6 is 11.3 Å². The van der Waals surface area contributed by atoms with E-state index in [0.29, 0.717) is 30.4 Å². The van der Waals surface area contributed by atoms with Gasteiger partial charge in [0.1, 0.15) is 5.01 Å². The fraction of sp³-hybridized carbons (Fsp3) is 0.211. The van der Waals surface area contributed by atoms with Crippen LogP contribution in [0.5, 0.6) is 0 Å². The number of nitro benzene ring substituents is 1. The van der Waals surface area contributed by atoms with E-state index in [-0.39, 0.29) is 11.3 Å². The van der Waals surface area contributed by atoms with Gasteiger partial charge in [-0.05, 0) is 11.6 Å². The second kappa shape index (κ2) is 9.71. The number of carbonyl (C=O) groups excluding carboxylic acids is 1. The molecule has 1 heterocycles. The van der Waals surface area contributed by atoms with E-state index in [9.17, 15) is 14.9 Å². The minimum absolute atomic E-state index is 0.148. The molecular formula is C19H19N5O4S. The van der Waals surface area contributed by atoms with E-state index in [0.717, 1.165) is 10.6 Å². The summed E-state index contributed by atoms with van der Waals surface area (Å²) < 4.78 is 4.99. The summed E-state index contributed by atoms with van der Waals surface area (Å²) in [5.41, 5.74) is 1.54. The van der Waals surface area contributed by atoms with E-state index in [1.54, 1.807) is 7.11 Å². The van der Waals surface area contributed by atoms with Gasteiger partial charge in [0.25, 0.3) is 11.6 Å². The number of hydrogen-bond acceptors (Lipinski definition) is 8. The summed E-state index contributed by atoms with van der Waals surface area (Å²) in [6.07, 6.45) is 0.606. The lowest BCUT2D eigenvalue weighted by Gasteiger charge is -2.11. The molecule has 3 rings (SSSR count). The average molecular weight is 413 g/mol. The van der Waals surface area contributed by atoms with Crippen LogP contribution in [0, 0.1) is 10.1 Å². The Morgan fingerprint density at radius 2 is 2.00 bits per heavy atom. The summed E-state index contributed by atoms with van der Waals surface area (Å²) in [6, 6.07) is 13.9. The second-order valence-corrected chi connectivity index (χ2v) is 7.09. The fourth-order valence-corrected chi connectivity index (χ4v) is 3.36. The highest BCUT2D eigenvalue weighted by molar-refractivity contribution is 7.15. The minimum Gasteiger partial charge on any atom is -0.383 e. The molecule has 0 saturated carbocycles. The van der Waals surface area contributed by atoms with Crippen molar-refractivity contribution in [2.45, 2.75) is 6.42 Å². The Hall–Kier alpha value is -3.37. The monoisotopic (exact) mass is 413 g/mol. The molecule has 0 fully saturated rings. The Morgan fingerprint density at radius 1 is 1.21 bits per heavy atom. The first kappa shape index (κ1) is 20.4. The normalized spacial score (nSPS) is 10.5. The Kier molecular flexibility index (Phi) is 6.82. The Labute approximate surface area is 170 Å². The van der Waals surface area contributed by atoms with Crippen molar-refractivity contribution in [1.29, 1.82) is 0 Å². The Balaban J connectivity index is 1.75. The van der Waals surface area contributed by atoms with Gasteiger partial charge in [0.2, 0.25) is 5.13 Å². The topological polar surface area (TPSA) is 119 Å². The van der Waals surface area contributed by atoms with E-state index in [2.05, 4.69) is 20.8 Å². The molecule has 0 saturated heterocycles. The summed E-state index contributed by atoms with van der Waals surface area (Å²) >= 11 is 1.26. The molecule has 0 aliphatic carbocycles. The number of nitro groups is 1. The smallest absolute Gasteiger partial charge is 0.270 e. The molecule has 2 N–H and O–H groups in total. The van der Waals surface area contributed by atoms with Crippen LogP contribution in [-0.2, 0) is 11.2 Å². The van der Waals surface area contributed by atoms with Gasteiger partial charge in [-0.25, -0.2) is 0 Å². The number of amides is 1. The zero-order valence-electron chi connectivity index (χ0n) is 15.6. The zero-order chi connectivity index (χ0) is 20.6. The van der Waals surface area contributed by atoms with Gasteiger partial charge in [-0.3, -0.25) is 20.2 Å². The lowest BCUT2D eigenvalue weighted by atomic mass is 10.1. The predicted octanol–water partition coefficient (Wildman–Crippen LogP) is 3.35. The first-order valence-electron chi connectivity index (χ1n) is 8.75. The molecule has 9 nitrogen and oxygen atoms in total. The van der Waals surface area contributed by atoms with Crippen LogP contribution in [0.4, 0.5) is 16.5 Å². The van der Waals surface area contributed by atoms with E-state index < -0.39 is 10.8 Å². The summed E-state index contributed by atoms with van der Waals surface area (Å²) in [4.78, 5) is 23.3. The van der Waals surface area contributed by atoms with Crippen LogP contribution in [0.25, 0.3) is 0 Å². The molecule has 3 aromatic rings. The largest absolute Gasteiger partial charge is 0.383 e. The highest BCUT2D eigenvalue weighted by atomic mass is 32.1. The van der Waals surface area contributed by atoms with Crippen molar-refractivity contribution in [3.63, 3.8) is 0 Å². The van der Waals surface area contributed by atoms with Gasteiger partial charge >= 0.3 is 0 Å². The lowest BCUT2D eigenvalue weighted by Crippen LogP contribution is -2.16. The van der Waals surface area contributed by atoms with Gasteiger partial charge in [-0.1, -0.05) is 41.7 Å². The molecule has 150 valence electrons. The molecule has 2 aromatic carbocycles. The summed E-state index contributed by atoms with van der Waals surface area (Å²) in [6.45, 7) is 0.881. The van der Waals surface area contributed by atoms with Gasteiger partial charge in [-0.15, -0.1) is 10.2 Å². The minimum atomic E-state index is -0.543. The number of rotatable bonds is 9. The number of hydrogen-bond donors (Lipinski definition) is 2.